The number of amides is 1. The van der Waals surface area contributed by atoms with Gasteiger partial charge in [0.05, 0.1) is 11.4 Å². The lowest BCUT2D eigenvalue weighted by molar-refractivity contribution is 0.101. The Hall–Kier alpha value is -2.67. The molecule has 26 heavy (non-hydrogen) atoms. The van der Waals surface area contributed by atoms with Crippen molar-refractivity contribution in [3.8, 4) is 0 Å². The van der Waals surface area contributed by atoms with E-state index in [4.69, 9.17) is 0 Å². The van der Waals surface area contributed by atoms with Crippen molar-refractivity contribution in [3.05, 3.63) is 59.7 Å². The van der Waals surface area contributed by atoms with Crippen LogP contribution in [0.1, 0.15) is 41.5 Å². The van der Waals surface area contributed by atoms with Crippen LogP contribution in [0, 0.1) is 0 Å². The van der Waals surface area contributed by atoms with Gasteiger partial charge in [0.25, 0.3) is 5.91 Å². The van der Waals surface area contributed by atoms with E-state index in [-0.39, 0.29) is 17.4 Å². The molecule has 0 heterocycles. The van der Waals surface area contributed by atoms with Crippen molar-refractivity contribution < 1.29 is 18.0 Å². The van der Waals surface area contributed by atoms with Crippen LogP contribution in [-0.2, 0) is 10.0 Å². The third-order valence-electron chi connectivity index (χ3n) is 3.93. The number of carbonyl (C=O) groups excluding carboxylic acids is 2. The van der Waals surface area contributed by atoms with Crippen LogP contribution in [0.2, 0.25) is 0 Å². The van der Waals surface area contributed by atoms with Crippen LogP contribution >= 0.6 is 0 Å². The first-order valence-electron chi connectivity index (χ1n) is 8.31. The molecule has 0 unspecified atom stereocenters. The maximum absolute atomic E-state index is 12.4. The van der Waals surface area contributed by atoms with Crippen molar-refractivity contribution in [1.29, 1.82) is 0 Å². The summed E-state index contributed by atoms with van der Waals surface area (Å²) in [6, 6.07) is 13.1. The largest absolute Gasteiger partial charge is 0.322 e. The summed E-state index contributed by atoms with van der Waals surface area (Å²) in [5, 5.41) is 2.73. The van der Waals surface area contributed by atoms with Crippen molar-refractivity contribution >= 4 is 33.1 Å². The van der Waals surface area contributed by atoms with Gasteiger partial charge in [-0.1, -0.05) is 12.1 Å². The van der Waals surface area contributed by atoms with Gasteiger partial charge in [0.2, 0.25) is 10.0 Å². The molecule has 0 atom stereocenters. The van der Waals surface area contributed by atoms with Gasteiger partial charge in [-0.05, 0) is 57.2 Å². The van der Waals surface area contributed by atoms with Crippen molar-refractivity contribution in [2.45, 2.75) is 20.8 Å². The number of sulfonamides is 1. The molecule has 2 rings (SSSR count). The van der Waals surface area contributed by atoms with Gasteiger partial charge in [-0.15, -0.1) is 0 Å². The summed E-state index contributed by atoms with van der Waals surface area (Å²) >= 11 is 0. The molecule has 0 saturated carbocycles. The Morgan fingerprint density at radius 1 is 1.00 bits per heavy atom. The molecule has 0 fully saturated rings. The quantitative estimate of drug-likeness (QED) is 0.754. The zero-order chi connectivity index (χ0) is 19.3. The number of hydrogen-bond donors (Lipinski definition) is 1. The van der Waals surface area contributed by atoms with Crippen LogP contribution in [0.3, 0.4) is 0 Å². The third-order valence-corrected chi connectivity index (χ3v) is 5.80. The zero-order valence-electron chi connectivity index (χ0n) is 15.0. The van der Waals surface area contributed by atoms with Gasteiger partial charge < -0.3 is 5.32 Å². The lowest BCUT2D eigenvalue weighted by Gasteiger charge is -2.22. The molecule has 1 amide bonds. The van der Waals surface area contributed by atoms with Gasteiger partial charge >= 0.3 is 0 Å². The normalized spacial score (nSPS) is 11.0. The SMILES string of the molecule is CCN(c1ccc(C(=O)Nc2cccc(C(C)=O)c2)cc1)S(=O)(=O)CC. The molecule has 0 aliphatic carbocycles. The Kier molecular flexibility index (Phi) is 6.15. The van der Waals surface area contributed by atoms with Crippen LogP contribution < -0.4 is 9.62 Å². The van der Waals surface area contributed by atoms with E-state index in [0.29, 0.717) is 29.0 Å². The first-order valence-corrected chi connectivity index (χ1v) is 9.92. The van der Waals surface area contributed by atoms with Gasteiger partial charge in [0.15, 0.2) is 5.78 Å². The number of Topliss-reactive ketones (excluding diaryl/α,β-unsaturated/α-hetero) is 1. The molecular weight excluding hydrogens is 352 g/mol. The minimum Gasteiger partial charge on any atom is -0.322 e. The van der Waals surface area contributed by atoms with Crippen molar-refractivity contribution in [3.63, 3.8) is 0 Å². The number of nitrogens with one attached hydrogen (secondary N) is 1. The fraction of sp³-hybridized carbons (Fsp3) is 0.263. The van der Waals surface area contributed by atoms with Crippen LogP contribution in [0.5, 0.6) is 0 Å². The Labute approximate surface area is 153 Å². The first kappa shape index (κ1) is 19.7. The average molecular weight is 374 g/mol. The molecule has 6 nitrogen and oxygen atoms in total. The number of hydrogen-bond acceptors (Lipinski definition) is 4. The van der Waals surface area contributed by atoms with Crippen LogP contribution in [-0.4, -0.2) is 32.4 Å². The summed E-state index contributed by atoms with van der Waals surface area (Å²) in [6.45, 7) is 5.13. The average Bonchev–Trinajstić information content (AvgIpc) is 2.62. The number of nitrogens with zero attached hydrogens (tertiary/aromatic N) is 1. The van der Waals surface area contributed by atoms with E-state index in [2.05, 4.69) is 5.32 Å². The maximum Gasteiger partial charge on any atom is 0.255 e. The first-order chi connectivity index (χ1) is 12.3. The Morgan fingerprint density at radius 3 is 2.19 bits per heavy atom. The molecule has 2 aromatic rings. The molecule has 2 aromatic carbocycles. The number of carbonyl (C=O) groups is 2. The highest BCUT2D eigenvalue weighted by Crippen LogP contribution is 2.20. The molecule has 0 bridgehead atoms. The van der Waals surface area contributed by atoms with Gasteiger partial charge in [0, 0.05) is 23.4 Å². The second-order valence-corrected chi connectivity index (χ2v) is 7.89. The Balaban J connectivity index is 2.19. The summed E-state index contributed by atoms with van der Waals surface area (Å²) in [6.07, 6.45) is 0. The standard InChI is InChI=1S/C19H22N2O4S/c1-4-21(26(24,25)5-2)18-11-9-15(10-12-18)19(23)20-17-8-6-7-16(13-17)14(3)22/h6-13H,4-5H2,1-3H3,(H,20,23). The molecule has 0 aromatic heterocycles. The molecule has 0 saturated heterocycles. The van der Waals surface area contributed by atoms with Crippen molar-refractivity contribution in [1.82, 2.24) is 0 Å². The summed E-state index contributed by atoms with van der Waals surface area (Å²) in [4.78, 5) is 23.8. The maximum atomic E-state index is 12.4. The molecule has 0 spiro atoms. The van der Waals surface area contributed by atoms with E-state index in [1.165, 1.54) is 11.2 Å². The number of rotatable bonds is 7. The van der Waals surface area contributed by atoms with E-state index >= 15 is 0 Å². The molecule has 138 valence electrons. The van der Waals surface area contributed by atoms with Crippen molar-refractivity contribution in [2.24, 2.45) is 0 Å². The highest BCUT2D eigenvalue weighted by molar-refractivity contribution is 7.92. The number of ketones is 1. The summed E-state index contributed by atoms with van der Waals surface area (Å²) in [5.74, 6) is -0.406. The van der Waals surface area contributed by atoms with Gasteiger partial charge in [-0.25, -0.2) is 8.42 Å². The van der Waals surface area contributed by atoms with Gasteiger partial charge in [-0.2, -0.15) is 0 Å². The fourth-order valence-corrected chi connectivity index (χ4v) is 3.64. The van der Waals surface area contributed by atoms with E-state index < -0.39 is 10.0 Å². The van der Waals surface area contributed by atoms with E-state index in [9.17, 15) is 18.0 Å². The minimum atomic E-state index is -3.36. The molecule has 0 aliphatic rings. The lowest BCUT2D eigenvalue weighted by Crippen LogP contribution is -2.32. The second-order valence-electron chi connectivity index (χ2n) is 5.70. The van der Waals surface area contributed by atoms with E-state index in [1.807, 2.05) is 0 Å². The van der Waals surface area contributed by atoms with Crippen LogP contribution in [0.25, 0.3) is 0 Å². The van der Waals surface area contributed by atoms with E-state index in [1.54, 1.807) is 62.4 Å². The molecule has 1 N–H and O–H groups in total. The summed E-state index contributed by atoms with van der Waals surface area (Å²) < 4.78 is 25.5. The Bertz CT molecular complexity index is 905. The van der Waals surface area contributed by atoms with Crippen LogP contribution in [0.4, 0.5) is 11.4 Å². The molecular formula is C19H22N2O4S. The molecule has 0 aliphatic heterocycles. The lowest BCUT2D eigenvalue weighted by atomic mass is 10.1. The Morgan fingerprint density at radius 2 is 1.65 bits per heavy atom. The second kappa shape index (κ2) is 8.14. The number of benzene rings is 2. The monoisotopic (exact) mass is 374 g/mol. The third kappa shape index (κ3) is 4.49. The topological polar surface area (TPSA) is 83.6 Å². The minimum absolute atomic E-state index is 0.00949. The predicted octanol–water partition coefficient (Wildman–Crippen LogP) is 3.32. The summed E-state index contributed by atoms with van der Waals surface area (Å²) in [7, 11) is -3.36. The highest BCUT2D eigenvalue weighted by atomic mass is 32.2. The van der Waals surface area contributed by atoms with Gasteiger partial charge in [0.1, 0.15) is 0 Å². The molecule has 0 radical (unpaired) electrons. The van der Waals surface area contributed by atoms with Gasteiger partial charge in [-0.3, -0.25) is 13.9 Å². The summed E-state index contributed by atoms with van der Waals surface area (Å²) in [5.41, 5.74) is 1.95. The highest BCUT2D eigenvalue weighted by Gasteiger charge is 2.19. The fourth-order valence-electron chi connectivity index (χ4n) is 2.49. The predicted molar refractivity (Wildman–Crippen MR) is 103 cm³/mol. The van der Waals surface area contributed by atoms with Crippen molar-refractivity contribution in [2.75, 3.05) is 21.9 Å². The number of anilines is 2. The zero-order valence-corrected chi connectivity index (χ0v) is 15.8. The molecule has 7 heteroatoms. The van der Waals surface area contributed by atoms with Crippen LogP contribution in [0.15, 0.2) is 48.5 Å². The smallest absolute Gasteiger partial charge is 0.255 e. The van der Waals surface area contributed by atoms with E-state index in [0.717, 1.165) is 0 Å².